The van der Waals surface area contributed by atoms with Gasteiger partial charge in [-0.15, -0.1) is 0 Å². The van der Waals surface area contributed by atoms with Crippen LogP contribution in [0.15, 0.2) is 0 Å². The number of carbonyl (C=O) groups is 1. The van der Waals surface area contributed by atoms with E-state index in [2.05, 4.69) is 16.6 Å². The summed E-state index contributed by atoms with van der Waals surface area (Å²) < 4.78 is 4.66. The maximum atomic E-state index is 10.8. The lowest BCUT2D eigenvalue weighted by molar-refractivity contribution is -0.136. The molecular weight excluding hydrogens is 166 g/mol. The summed E-state index contributed by atoms with van der Waals surface area (Å²) in [5, 5.41) is 0. The fourth-order valence-corrected chi connectivity index (χ4v) is 1.23. The summed E-state index contributed by atoms with van der Waals surface area (Å²) in [6.07, 6.45) is 3.51. The molecule has 72 valence electrons. The van der Waals surface area contributed by atoms with Gasteiger partial charge in [-0.1, -0.05) is 12.3 Å². The first-order valence-electron chi connectivity index (χ1n) is 4.68. The van der Waals surface area contributed by atoms with E-state index in [4.69, 9.17) is 5.73 Å². The lowest BCUT2D eigenvalue weighted by atomic mass is 9.80. The molecule has 1 unspecified atom stereocenters. The second kappa shape index (κ2) is 4.88. The minimum Gasteiger partial charge on any atom is -0.456 e. The zero-order valence-electron chi connectivity index (χ0n) is 7.88. The van der Waals surface area contributed by atoms with Crippen molar-refractivity contribution in [2.75, 3.05) is 6.61 Å². The van der Waals surface area contributed by atoms with Crippen molar-refractivity contribution in [3.8, 4) is 11.8 Å². The van der Waals surface area contributed by atoms with E-state index in [1.807, 2.05) is 0 Å². The fourth-order valence-electron chi connectivity index (χ4n) is 1.23. The molecule has 0 amide bonds. The van der Waals surface area contributed by atoms with Gasteiger partial charge < -0.3 is 10.5 Å². The van der Waals surface area contributed by atoms with Crippen LogP contribution in [-0.4, -0.2) is 18.6 Å². The maximum absolute atomic E-state index is 10.8. The third-order valence-electron chi connectivity index (χ3n) is 2.27. The number of hydrogen-bond acceptors (Lipinski definition) is 3. The highest BCUT2D eigenvalue weighted by Crippen LogP contribution is 2.28. The van der Waals surface area contributed by atoms with Gasteiger partial charge in [0.05, 0.1) is 12.6 Å². The van der Waals surface area contributed by atoms with E-state index in [1.165, 1.54) is 6.42 Å². The fraction of sp³-hybridized carbons (Fsp3) is 0.700. The maximum Gasteiger partial charge on any atom is 0.384 e. The molecule has 0 aromatic rings. The molecule has 2 N–H and O–H groups in total. The van der Waals surface area contributed by atoms with Crippen molar-refractivity contribution in [2.24, 2.45) is 11.7 Å². The summed E-state index contributed by atoms with van der Waals surface area (Å²) in [5.41, 5.74) is 5.74. The van der Waals surface area contributed by atoms with Gasteiger partial charge in [0.1, 0.15) is 0 Å². The summed E-state index contributed by atoms with van der Waals surface area (Å²) in [5.74, 6) is 5.13. The normalized spacial score (nSPS) is 18.0. The molecule has 0 bridgehead atoms. The van der Waals surface area contributed by atoms with Crippen LogP contribution in [-0.2, 0) is 9.53 Å². The number of ether oxygens (including phenoxy) is 1. The van der Waals surface area contributed by atoms with Crippen molar-refractivity contribution in [1.82, 2.24) is 0 Å². The first-order valence-corrected chi connectivity index (χ1v) is 4.68. The number of nitrogens with two attached hydrogens (primary N) is 1. The average molecular weight is 181 g/mol. The molecule has 0 aliphatic heterocycles. The van der Waals surface area contributed by atoms with Gasteiger partial charge in [-0.2, -0.15) is 0 Å². The van der Waals surface area contributed by atoms with Gasteiger partial charge in [0.25, 0.3) is 0 Å². The summed E-state index contributed by atoms with van der Waals surface area (Å²) in [6.45, 7) is 2.12. The summed E-state index contributed by atoms with van der Waals surface area (Å²) >= 11 is 0. The molecule has 0 saturated heterocycles. The van der Waals surface area contributed by atoms with Gasteiger partial charge >= 0.3 is 5.97 Å². The highest BCUT2D eigenvalue weighted by atomic mass is 16.5. The van der Waals surface area contributed by atoms with Crippen molar-refractivity contribution < 1.29 is 9.53 Å². The van der Waals surface area contributed by atoms with Crippen molar-refractivity contribution >= 4 is 5.97 Å². The predicted octanol–water partition coefficient (Wildman–Crippen LogP) is 0.680. The number of carbonyl (C=O) groups excluding carboxylic acids is 1. The highest BCUT2D eigenvalue weighted by Gasteiger charge is 2.22. The molecule has 3 heteroatoms. The van der Waals surface area contributed by atoms with Crippen LogP contribution >= 0.6 is 0 Å². The van der Waals surface area contributed by atoms with E-state index in [0.717, 1.165) is 12.8 Å². The monoisotopic (exact) mass is 181 g/mol. The molecule has 0 aromatic carbocycles. The Morgan fingerprint density at radius 1 is 1.69 bits per heavy atom. The van der Waals surface area contributed by atoms with Gasteiger partial charge in [-0.3, -0.25) is 0 Å². The second-order valence-electron chi connectivity index (χ2n) is 3.21. The van der Waals surface area contributed by atoms with Gasteiger partial charge in [-0.25, -0.2) is 4.79 Å². The van der Waals surface area contributed by atoms with Crippen molar-refractivity contribution in [2.45, 2.75) is 32.2 Å². The predicted molar refractivity (Wildman–Crippen MR) is 49.7 cm³/mol. The van der Waals surface area contributed by atoms with Crippen molar-refractivity contribution in [3.63, 3.8) is 0 Å². The Morgan fingerprint density at radius 2 is 2.38 bits per heavy atom. The Labute approximate surface area is 78.6 Å². The quantitative estimate of drug-likeness (QED) is 0.387. The Kier molecular flexibility index (Phi) is 3.78. The number of hydrogen-bond donors (Lipinski definition) is 1. The van der Waals surface area contributed by atoms with Crippen LogP contribution in [0.5, 0.6) is 0 Å². The Hall–Kier alpha value is -1.01. The molecular formula is C10H15NO2. The van der Waals surface area contributed by atoms with Crippen LogP contribution in [0.25, 0.3) is 0 Å². The number of rotatable bonds is 2. The summed E-state index contributed by atoms with van der Waals surface area (Å²) in [4.78, 5) is 10.8. The molecule has 0 heterocycles. The molecule has 0 aromatic heterocycles. The number of esters is 1. The van der Waals surface area contributed by atoms with E-state index >= 15 is 0 Å². The third-order valence-corrected chi connectivity index (χ3v) is 2.27. The SMILES string of the molecule is CCOC(=O)C#CC(N)C1CCC1. The Morgan fingerprint density at radius 3 is 2.85 bits per heavy atom. The van der Waals surface area contributed by atoms with Crippen molar-refractivity contribution in [3.05, 3.63) is 0 Å². The van der Waals surface area contributed by atoms with E-state index in [0.29, 0.717) is 12.5 Å². The molecule has 0 spiro atoms. The molecule has 3 nitrogen and oxygen atoms in total. The zero-order valence-corrected chi connectivity index (χ0v) is 7.88. The van der Waals surface area contributed by atoms with Crippen LogP contribution in [0.2, 0.25) is 0 Å². The molecule has 1 rings (SSSR count). The standard InChI is InChI=1S/C10H15NO2/c1-2-13-10(12)7-6-9(11)8-4-3-5-8/h8-9H,2-5,11H2,1H3. The zero-order chi connectivity index (χ0) is 9.68. The lowest BCUT2D eigenvalue weighted by Crippen LogP contribution is -2.33. The minimum absolute atomic E-state index is 0.154. The molecule has 1 aliphatic rings. The van der Waals surface area contributed by atoms with Gasteiger partial charge in [0, 0.05) is 5.92 Å². The topological polar surface area (TPSA) is 52.3 Å². The molecule has 0 radical (unpaired) electrons. The van der Waals surface area contributed by atoms with E-state index < -0.39 is 5.97 Å². The molecule has 1 fully saturated rings. The van der Waals surface area contributed by atoms with Crippen LogP contribution in [0, 0.1) is 17.8 Å². The third kappa shape index (κ3) is 3.08. The van der Waals surface area contributed by atoms with Crippen molar-refractivity contribution in [1.29, 1.82) is 0 Å². The highest BCUT2D eigenvalue weighted by molar-refractivity contribution is 5.88. The molecule has 13 heavy (non-hydrogen) atoms. The summed E-state index contributed by atoms with van der Waals surface area (Å²) in [6, 6.07) is -0.154. The van der Waals surface area contributed by atoms with Gasteiger partial charge in [0.2, 0.25) is 0 Å². The second-order valence-corrected chi connectivity index (χ2v) is 3.21. The van der Waals surface area contributed by atoms with E-state index in [9.17, 15) is 4.79 Å². The molecule has 1 atom stereocenters. The Balaban J connectivity index is 2.31. The van der Waals surface area contributed by atoms with E-state index in [-0.39, 0.29) is 6.04 Å². The van der Waals surface area contributed by atoms with Crippen LogP contribution in [0.4, 0.5) is 0 Å². The van der Waals surface area contributed by atoms with E-state index in [1.54, 1.807) is 6.92 Å². The molecule has 1 saturated carbocycles. The summed E-state index contributed by atoms with van der Waals surface area (Å²) in [7, 11) is 0. The van der Waals surface area contributed by atoms with Gasteiger partial charge in [-0.05, 0) is 25.7 Å². The molecule has 1 aliphatic carbocycles. The largest absolute Gasteiger partial charge is 0.456 e. The Bertz CT molecular complexity index is 235. The first-order chi connectivity index (χ1) is 6.24. The van der Waals surface area contributed by atoms with Crippen LogP contribution < -0.4 is 5.73 Å². The lowest BCUT2D eigenvalue weighted by Gasteiger charge is -2.27. The van der Waals surface area contributed by atoms with Crippen LogP contribution in [0.1, 0.15) is 26.2 Å². The smallest absolute Gasteiger partial charge is 0.384 e. The first kappa shape index (κ1) is 10.1. The van der Waals surface area contributed by atoms with Gasteiger partial charge in [0.15, 0.2) is 0 Å². The average Bonchev–Trinajstić information content (AvgIpc) is 1.98. The minimum atomic E-state index is -0.475. The van der Waals surface area contributed by atoms with Crippen LogP contribution in [0.3, 0.4) is 0 Å².